The Bertz CT molecular complexity index is 423. The van der Waals surface area contributed by atoms with Gasteiger partial charge < -0.3 is 10.6 Å². The van der Waals surface area contributed by atoms with Crippen LogP contribution in [0.2, 0.25) is 0 Å². The van der Waals surface area contributed by atoms with Gasteiger partial charge in [0.05, 0.1) is 6.61 Å². The lowest BCUT2D eigenvalue weighted by molar-refractivity contribution is -0.323. The second-order valence-corrected chi connectivity index (χ2v) is 4.04. The molecule has 0 unspecified atom stereocenters. The summed E-state index contributed by atoms with van der Waals surface area (Å²) in [4.78, 5) is 1.81. The Kier molecular flexibility index (Phi) is 4.92. The van der Waals surface area contributed by atoms with E-state index < -0.39 is 13.0 Å². The number of anilines is 1. The largest absolute Gasteiger partial charge is 0.522 e. The summed E-state index contributed by atoms with van der Waals surface area (Å²) in [5.74, 6) is 0. The van der Waals surface area contributed by atoms with Gasteiger partial charge in [-0.05, 0) is 12.1 Å². The summed E-state index contributed by atoms with van der Waals surface area (Å²) in [7, 11) is 1.65. The molecule has 1 rings (SSSR count). The lowest BCUT2D eigenvalue weighted by Crippen LogP contribution is -2.28. The van der Waals surface area contributed by atoms with Crippen molar-refractivity contribution in [3.63, 3.8) is 0 Å². The number of benzene rings is 1. The van der Waals surface area contributed by atoms with Crippen molar-refractivity contribution < 1.29 is 17.9 Å². The van der Waals surface area contributed by atoms with E-state index in [1.807, 2.05) is 0 Å². The number of rotatable bonds is 5. The van der Waals surface area contributed by atoms with Crippen LogP contribution in [0.4, 0.5) is 18.9 Å². The Morgan fingerprint density at radius 3 is 2.56 bits per heavy atom. The summed E-state index contributed by atoms with van der Waals surface area (Å²) in [6.07, 6.45) is -4.61. The van der Waals surface area contributed by atoms with Gasteiger partial charge in [-0.3, -0.25) is 4.74 Å². The van der Waals surface area contributed by atoms with Gasteiger partial charge in [-0.2, -0.15) is 0 Å². The maximum Gasteiger partial charge on any atom is 0.522 e. The first-order valence-corrected chi connectivity index (χ1v) is 5.53. The molecular formula is C11H13F3N2OS. The van der Waals surface area contributed by atoms with E-state index >= 15 is 0 Å². The zero-order chi connectivity index (χ0) is 13.8. The number of ether oxygens (including phenoxy) is 1. The van der Waals surface area contributed by atoms with Crippen molar-refractivity contribution in [2.75, 3.05) is 25.1 Å². The molecule has 7 heteroatoms. The van der Waals surface area contributed by atoms with Crippen molar-refractivity contribution in [1.29, 1.82) is 0 Å². The van der Waals surface area contributed by atoms with E-state index in [1.54, 1.807) is 36.2 Å². The van der Waals surface area contributed by atoms with E-state index in [1.165, 1.54) is 0 Å². The third-order valence-electron chi connectivity index (χ3n) is 2.27. The van der Waals surface area contributed by atoms with Crippen molar-refractivity contribution in [1.82, 2.24) is 0 Å². The molecule has 0 bridgehead atoms. The maximum atomic E-state index is 11.8. The van der Waals surface area contributed by atoms with Gasteiger partial charge in [0.1, 0.15) is 4.99 Å². The lowest BCUT2D eigenvalue weighted by Gasteiger charge is -2.22. The molecule has 0 spiro atoms. The highest BCUT2D eigenvalue weighted by molar-refractivity contribution is 7.80. The fourth-order valence-corrected chi connectivity index (χ4v) is 1.61. The minimum absolute atomic E-state index is 0.0825. The minimum Gasteiger partial charge on any atom is -0.389 e. The van der Waals surface area contributed by atoms with Gasteiger partial charge in [-0.1, -0.05) is 24.4 Å². The number of thiocarbonyl (C=S) groups is 1. The summed E-state index contributed by atoms with van der Waals surface area (Å²) in [5, 5.41) is 0. The highest BCUT2D eigenvalue weighted by Crippen LogP contribution is 2.20. The van der Waals surface area contributed by atoms with E-state index in [2.05, 4.69) is 4.74 Å². The van der Waals surface area contributed by atoms with Crippen molar-refractivity contribution in [2.45, 2.75) is 6.36 Å². The molecule has 0 atom stereocenters. The molecule has 0 aliphatic rings. The predicted octanol–water partition coefficient (Wildman–Crippen LogP) is 2.29. The van der Waals surface area contributed by atoms with E-state index in [-0.39, 0.29) is 11.5 Å². The topological polar surface area (TPSA) is 38.5 Å². The van der Waals surface area contributed by atoms with Crippen LogP contribution in [0.5, 0.6) is 0 Å². The average molecular weight is 278 g/mol. The SMILES string of the molecule is CN(CCOC(F)(F)F)c1ccccc1C(N)=S. The average Bonchev–Trinajstić information content (AvgIpc) is 2.27. The number of halogens is 3. The summed E-state index contributed by atoms with van der Waals surface area (Å²) < 4.78 is 39.2. The number of hydrogen-bond donors (Lipinski definition) is 1. The molecule has 2 N–H and O–H groups in total. The van der Waals surface area contributed by atoms with Gasteiger partial charge in [0.15, 0.2) is 0 Å². The van der Waals surface area contributed by atoms with E-state index in [0.717, 1.165) is 0 Å². The second kappa shape index (κ2) is 6.01. The van der Waals surface area contributed by atoms with Gasteiger partial charge in [0.25, 0.3) is 0 Å². The Labute approximate surface area is 108 Å². The molecule has 0 amide bonds. The van der Waals surface area contributed by atoms with Crippen LogP contribution in [0, 0.1) is 0 Å². The standard InChI is InChI=1S/C11H13F3N2OS/c1-16(6-7-17-11(12,13)14)9-5-3-2-4-8(9)10(15)18/h2-5H,6-7H2,1H3,(H2,15,18). The molecule has 0 aromatic heterocycles. The zero-order valence-corrected chi connectivity index (χ0v) is 10.5. The monoisotopic (exact) mass is 278 g/mol. The van der Waals surface area contributed by atoms with Crippen molar-refractivity contribution >= 4 is 22.9 Å². The first-order chi connectivity index (χ1) is 8.31. The number of para-hydroxylation sites is 1. The molecule has 0 fully saturated rings. The molecule has 0 heterocycles. The molecule has 100 valence electrons. The predicted molar refractivity (Wildman–Crippen MR) is 67.6 cm³/mol. The quantitative estimate of drug-likeness (QED) is 0.839. The zero-order valence-electron chi connectivity index (χ0n) is 9.70. The Morgan fingerprint density at radius 2 is 2.00 bits per heavy atom. The first-order valence-electron chi connectivity index (χ1n) is 5.12. The minimum atomic E-state index is -4.61. The summed E-state index contributed by atoms with van der Waals surface area (Å²) in [5.41, 5.74) is 6.85. The molecule has 0 saturated carbocycles. The van der Waals surface area contributed by atoms with Gasteiger partial charge in [-0.25, -0.2) is 0 Å². The summed E-state index contributed by atoms with van der Waals surface area (Å²) in [6.45, 7) is -0.370. The molecule has 18 heavy (non-hydrogen) atoms. The van der Waals surface area contributed by atoms with Crippen LogP contribution in [0.15, 0.2) is 24.3 Å². The van der Waals surface area contributed by atoms with E-state index in [9.17, 15) is 13.2 Å². The lowest BCUT2D eigenvalue weighted by atomic mass is 10.1. The van der Waals surface area contributed by atoms with Crippen LogP contribution in [0.1, 0.15) is 5.56 Å². The number of hydrogen-bond acceptors (Lipinski definition) is 3. The van der Waals surface area contributed by atoms with Crippen molar-refractivity contribution in [3.8, 4) is 0 Å². The molecule has 0 aliphatic carbocycles. The van der Waals surface area contributed by atoms with Crippen LogP contribution < -0.4 is 10.6 Å². The van der Waals surface area contributed by atoms with Gasteiger partial charge in [0, 0.05) is 24.8 Å². The normalized spacial score (nSPS) is 11.3. The van der Waals surface area contributed by atoms with E-state index in [0.29, 0.717) is 11.3 Å². The number of likely N-dealkylation sites (N-methyl/N-ethyl adjacent to an activating group) is 1. The first kappa shape index (κ1) is 14.7. The number of alkyl halides is 3. The maximum absolute atomic E-state index is 11.8. The highest BCUT2D eigenvalue weighted by Gasteiger charge is 2.28. The number of nitrogens with zero attached hydrogens (tertiary/aromatic N) is 1. The molecule has 0 saturated heterocycles. The van der Waals surface area contributed by atoms with Gasteiger partial charge >= 0.3 is 6.36 Å². The molecular weight excluding hydrogens is 265 g/mol. The molecule has 1 aromatic carbocycles. The Hall–Kier alpha value is -1.34. The molecule has 0 radical (unpaired) electrons. The summed E-state index contributed by atoms with van der Waals surface area (Å²) >= 11 is 4.88. The van der Waals surface area contributed by atoms with Crippen molar-refractivity contribution in [2.24, 2.45) is 5.73 Å². The molecule has 1 aromatic rings. The van der Waals surface area contributed by atoms with Crippen LogP contribution in [0.3, 0.4) is 0 Å². The van der Waals surface area contributed by atoms with Crippen LogP contribution in [0.25, 0.3) is 0 Å². The van der Waals surface area contributed by atoms with Gasteiger partial charge in [0.2, 0.25) is 0 Å². The summed E-state index contributed by atoms with van der Waals surface area (Å²) in [6, 6.07) is 6.98. The van der Waals surface area contributed by atoms with Crippen LogP contribution >= 0.6 is 12.2 Å². The number of nitrogens with two attached hydrogens (primary N) is 1. The second-order valence-electron chi connectivity index (χ2n) is 3.60. The van der Waals surface area contributed by atoms with E-state index in [4.69, 9.17) is 18.0 Å². The fraction of sp³-hybridized carbons (Fsp3) is 0.364. The Morgan fingerprint density at radius 1 is 1.39 bits per heavy atom. The molecule has 3 nitrogen and oxygen atoms in total. The smallest absolute Gasteiger partial charge is 0.389 e. The highest BCUT2D eigenvalue weighted by atomic mass is 32.1. The van der Waals surface area contributed by atoms with Gasteiger partial charge in [-0.15, -0.1) is 13.2 Å². The Balaban J connectivity index is 2.67. The van der Waals surface area contributed by atoms with Crippen molar-refractivity contribution in [3.05, 3.63) is 29.8 Å². The van der Waals surface area contributed by atoms with Crippen LogP contribution in [-0.4, -0.2) is 31.6 Å². The third kappa shape index (κ3) is 4.50. The molecule has 0 aliphatic heterocycles. The van der Waals surface area contributed by atoms with Crippen LogP contribution in [-0.2, 0) is 4.74 Å². The third-order valence-corrected chi connectivity index (χ3v) is 2.49. The fourth-order valence-electron chi connectivity index (χ4n) is 1.43.